The van der Waals surface area contributed by atoms with Crippen LogP contribution < -0.4 is 0 Å². The van der Waals surface area contributed by atoms with Crippen molar-refractivity contribution in [2.75, 3.05) is 6.61 Å². The molecule has 0 aliphatic heterocycles. The Balaban J connectivity index is 2.61. The van der Waals surface area contributed by atoms with Gasteiger partial charge in [-0.25, -0.2) is 4.79 Å². The molecule has 0 aliphatic carbocycles. The molecule has 1 N–H and O–H groups in total. The van der Waals surface area contributed by atoms with Crippen LogP contribution in [0.4, 0.5) is 0 Å². The molecule has 0 aromatic heterocycles. The first-order valence-electron chi connectivity index (χ1n) is 5.73. The van der Waals surface area contributed by atoms with Crippen molar-refractivity contribution in [3.05, 3.63) is 34.9 Å². The number of carboxylic acids is 1. The van der Waals surface area contributed by atoms with E-state index in [1.165, 1.54) is 0 Å². The lowest BCUT2D eigenvalue weighted by Gasteiger charge is -2.14. The first-order chi connectivity index (χ1) is 8.15. The lowest BCUT2D eigenvalue weighted by atomic mass is 10.1. The Kier molecular flexibility index (Phi) is 6.01. The van der Waals surface area contributed by atoms with Gasteiger partial charge in [-0.2, -0.15) is 0 Å². The van der Waals surface area contributed by atoms with Crippen LogP contribution in [0.1, 0.15) is 25.3 Å². The molecule has 1 aromatic rings. The van der Waals surface area contributed by atoms with Gasteiger partial charge < -0.3 is 9.84 Å². The summed E-state index contributed by atoms with van der Waals surface area (Å²) in [6.07, 6.45) is 1.34. The fraction of sp³-hybridized carbons (Fsp3) is 0.462. The van der Waals surface area contributed by atoms with Crippen molar-refractivity contribution in [3.8, 4) is 0 Å². The van der Waals surface area contributed by atoms with Gasteiger partial charge in [-0.05, 0) is 18.1 Å². The number of ether oxygens (including phenoxy) is 1. The molecular formula is C13H17ClO3. The van der Waals surface area contributed by atoms with E-state index in [0.29, 0.717) is 18.1 Å². The largest absolute Gasteiger partial charge is 0.479 e. The molecule has 1 aromatic carbocycles. The average molecular weight is 257 g/mol. The molecule has 1 rings (SSSR count). The summed E-state index contributed by atoms with van der Waals surface area (Å²) in [6, 6.07) is 7.23. The van der Waals surface area contributed by atoms with E-state index in [0.717, 1.165) is 18.4 Å². The molecule has 1 atom stereocenters. The van der Waals surface area contributed by atoms with Gasteiger partial charge in [0, 0.05) is 18.1 Å². The maximum Gasteiger partial charge on any atom is 0.333 e. The van der Waals surface area contributed by atoms with Gasteiger partial charge in [0.15, 0.2) is 6.10 Å². The molecule has 1 unspecified atom stereocenters. The second-order valence-electron chi connectivity index (χ2n) is 3.85. The standard InChI is InChI=1S/C13H17ClO3/c1-2-3-8-17-12(13(15)16)9-10-6-4-5-7-11(10)14/h4-7,12H,2-3,8-9H2,1H3,(H,15,16). The summed E-state index contributed by atoms with van der Waals surface area (Å²) < 4.78 is 5.34. The van der Waals surface area contributed by atoms with Gasteiger partial charge >= 0.3 is 5.97 Å². The molecular weight excluding hydrogens is 240 g/mol. The molecule has 0 spiro atoms. The highest BCUT2D eigenvalue weighted by Crippen LogP contribution is 2.17. The highest BCUT2D eigenvalue weighted by Gasteiger charge is 2.19. The van der Waals surface area contributed by atoms with Crippen molar-refractivity contribution in [3.63, 3.8) is 0 Å². The predicted molar refractivity (Wildman–Crippen MR) is 67.4 cm³/mol. The van der Waals surface area contributed by atoms with E-state index in [2.05, 4.69) is 0 Å². The molecule has 0 aliphatic rings. The van der Waals surface area contributed by atoms with E-state index in [1.54, 1.807) is 6.07 Å². The monoisotopic (exact) mass is 256 g/mol. The van der Waals surface area contributed by atoms with Crippen LogP contribution in [0.15, 0.2) is 24.3 Å². The summed E-state index contributed by atoms with van der Waals surface area (Å²) in [5, 5.41) is 9.64. The molecule has 0 radical (unpaired) electrons. The minimum Gasteiger partial charge on any atom is -0.479 e. The van der Waals surface area contributed by atoms with E-state index in [9.17, 15) is 4.79 Å². The summed E-state index contributed by atoms with van der Waals surface area (Å²) in [5.74, 6) is -0.943. The molecule has 94 valence electrons. The highest BCUT2D eigenvalue weighted by atomic mass is 35.5. The van der Waals surface area contributed by atoms with Gasteiger partial charge in [-0.1, -0.05) is 43.1 Å². The average Bonchev–Trinajstić information content (AvgIpc) is 2.30. The second kappa shape index (κ2) is 7.30. The van der Waals surface area contributed by atoms with Crippen LogP contribution in [0.3, 0.4) is 0 Å². The Bertz CT molecular complexity index is 365. The summed E-state index contributed by atoms with van der Waals surface area (Å²) in [7, 11) is 0. The van der Waals surface area contributed by atoms with Crippen molar-refractivity contribution in [1.82, 2.24) is 0 Å². The van der Waals surface area contributed by atoms with Gasteiger partial charge in [0.2, 0.25) is 0 Å². The molecule has 0 heterocycles. The van der Waals surface area contributed by atoms with E-state index >= 15 is 0 Å². The summed E-state index contributed by atoms with van der Waals surface area (Å²) >= 11 is 5.99. The van der Waals surface area contributed by atoms with E-state index in [-0.39, 0.29) is 0 Å². The lowest BCUT2D eigenvalue weighted by molar-refractivity contribution is -0.150. The van der Waals surface area contributed by atoms with Crippen molar-refractivity contribution in [1.29, 1.82) is 0 Å². The number of benzene rings is 1. The van der Waals surface area contributed by atoms with Crippen molar-refractivity contribution in [2.45, 2.75) is 32.3 Å². The zero-order chi connectivity index (χ0) is 12.7. The Morgan fingerprint density at radius 2 is 2.18 bits per heavy atom. The van der Waals surface area contributed by atoms with E-state index in [4.69, 9.17) is 21.4 Å². The Morgan fingerprint density at radius 1 is 1.47 bits per heavy atom. The van der Waals surface area contributed by atoms with Gasteiger partial charge in [0.1, 0.15) is 0 Å². The van der Waals surface area contributed by atoms with Crippen molar-refractivity contribution >= 4 is 17.6 Å². The first-order valence-corrected chi connectivity index (χ1v) is 6.10. The third-order valence-corrected chi connectivity index (χ3v) is 2.82. The normalized spacial score (nSPS) is 12.4. The number of carboxylic acid groups (broad SMARTS) is 1. The third kappa shape index (κ3) is 4.75. The van der Waals surface area contributed by atoms with Crippen LogP contribution in [-0.4, -0.2) is 23.8 Å². The van der Waals surface area contributed by atoms with Crippen LogP contribution in [0.5, 0.6) is 0 Å². The third-order valence-electron chi connectivity index (χ3n) is 2.46. The quantitative estimate of drug-likeness (QED) is 0.763. The zero-order valence-corrected chi connectivity index (χ0v) is 10.6. The second-order valence-corrected chi connectivity index (χ2v) is 4.25. The molecule has 4 heteroatoms. The fourth-order valence-electron chi connectivity index (χ4n) is 1.45. The maximum absolute atomic E-state index is 11.0. The number of carbonyl (C=O) groups is 1. The molecule has 0 amide bonds. The van der Waals surface area contributed by atoms with Crippen LogP contribution in [0.2, 0.25) is 5.02 Å². The minimum absolute atomic E-state index is 0.304. The summed E-state index contributed by atoms with van der Waals surface area (Å²) in [5.41, 5.74) is 0.804. The minimum atomic E-state index is -0.943. The van der Waals surface area contributed by atoms with Gasteiger partial charge in [-0.15, -0.1) is 0 Å². The fourth-order valence-corrected chi connectivity index (χ4v) is 1.66. The Hall–Kier alpha value is -1.06. The predicted octanol–water partition coefficient (Wildman–Crippen LogP) is 3.15. The number of halogens is 1. The lowest BCUT2D eigenvalue weighted by Crippen LogP contribution is -2.27. The van der Waals surface area contributed by atoms with E-state index < -0.39 is 12.1 Å². The molecule has 3 nitrogen and oxygen atoms in total. The number of hydrogen-bond acceptors (Lipinski definition) is 2. The topological polar surface area (TPSA) is 46.5 Å². The van der Waals surface area contributed by atoms with Gasteiger partial charge in [0.25, 0.3) is 0 Å². The Morgan fingerprint density at radius 3 is 2.76 bits per heavy atom. The van der Waals surface area contributed by atoms with Crippen LogP contribution in [0, 0.1) is 0 Å². The summed E-state index contributed by atoms with van der Waals surface area (Å²) in [4.78, 5) is 11.0. The number of aliphatic carboxylic acids is 1. The first kappa shape index (κ1) is 14.0. The zero-order valence-electron chi connectivity index (χ0n) is 9.86. The number of unbranched alkanes of at least 4 members (excludes halogenated alkanes) is 1. The molecule has 0 bridgehead atoms. The van der Waals surface area contributed by atoms with E-state index in [1.807, 2.05) is 25.1 Å². The molecule has 0 saturated heterocycles. The van der Waals surface area contributed by atoms with Crippen LogP contribution in [-0.2, 0) is 16.0 Å². The number of rotatable bonds is 7. The molecule has 0 saturated carbocycles. The van der Waals surface area contributed by atoms with Crippen molar-refractivity contribution in [2.24, 2.45) is 0 Å². The smallest absolute Gasteiger partial charge is 0.333 e. The maximum atomic E-state index is 11.0. The van der Waals surface area contributed by atoms with Gasteiger partial charge in [-0.3, -0.25) is 0 Å². The van der Waals surface area contributed by atoms with Crippen LogP contribution in [0.25, 0.3) is 0 Å². The number of hydrogen-bond donors (Lipinski definition) is 1. The molecule has 17 heavy (non-hydrogen) atoms. The molecule has 0 fully saturated rings. The van der Waals surface area contributed by atoms with Gasteiger partial charge in [0.05, 0.1) is 0 Å². The van der Waals surface area contributed by atoms with Crippen molar-refractivity contribution < 1.29 is 14.6 Å². The Labute approximate surface area is 106 Å². The SMILES string of the molecule is CCCCOC(Cc1ccccc1Cl)C(=O)O. The summed E-state index contributed by atoms with van der Waals surface area (Å²) in [6.45, 7) is 2.51. The highest BCUT2D eigenvalue weighted by molar-refractivity contribution is 6.31. The van der Waals surface area contributed by atoms with Crippen LogP contribution >= 0.6 is 11.6 Å².